The van der Waals surface area contributed by atoms with Crippen LogP contribution in [0.3, 0.4) is 0 Å². The normalized spacial score (nSPS) is 18.3. The standard InChI is InChI=1S/C14H17Br2N3O2/c15-10-6-9(7-11(16)8-10)12(20)18-14(13(17)19-21)4-2-1-3-5-14/h6-8,21H,1-5H2,(H2,17,19)(H,18,20). The van der Waals surface area contributed by atoms with E-state index in [-0.39, 0.29) is 11.7 Å². The van der Waals surface area contributed by atoms with Gasteiger partial charge in [-0.25, -0.2) is 0 Å². The Hall–Kier alpha value is -1.08. The second kappa shape index (κ2) is 6.79. The molecule has 1 aromatic rings. The smallest absolute Gasteiger partial charge is 0.252 e. The highest BCUT2D eigenvalue weighted by molar-refractivity contribution is 9.11. The molecule has 0 aromatic heterocycles. The molecule has 1 aliphatic carbocycles. The molecule has 1 saturated carbocycles. The van der Waals surface area contributed by atoms with Crippen LogP contribution in [0.25, 0.3) is 0 Å². The van der Waals surface area contributed by atoms with Crippen LogP contribution >= 0.6 is 31.9 Å². The Morgan fingerprint density at radius 3 is 2.29 bits per heavy atom. The first kappa shape index (κ1) is 16.3. The maximum Gasteiger partial charge on any atom is 0.252 e. The molecular weight excluding hydrogens is 402 g/mol. The number of halogens is 2. The summed E-state index contributed by atoms with van der Waals surface area (Å²) in [6.07, 6.45) is 4.35. The molecule has 1 fully saturated rings. The fraction of sp³-hybridized carbons (Fsp3) is 0.429. The van der Waals surface area contributed by atoms with Crippen molar-refractivity contribution in [2.75, 3.05) is 0 Å². The fourth-order valence-corrected chi connectivity index (χ4v) is 3.96. The molecular formula is C14H17Br2N3O2. The summed E-state index contributed by atoms with van der Waals surface area (Å²) in [6, 6.07) is 5.34. The molecule has 2 rings (SSSR count). The van der Waals surface area contributed by atoms with Gasteiger partial charge in [-0.05, 0) is 31.0 Å². The summed E-state index contributed by atoms with van der Waals surface area (Å²) in [5.41, 5.74) is 5.60. The first-order chi connectivity index (χ1) is 9.97. The second-order valence-corrected chi connectivity index (χ2v) is 7.07. The van der Waals surface area contributed by atoms with E-state index in [0.717, 1.165) is 28.2 Å². The topological polar surface area (TPSA) is 87.7 Å². The molecule has 0 atom stereocenters. The average Bonchev–Trinajstić information content (AvgIpc) is 2.46. The third-order valence-corrected chi connectivity index (χ3v) is 4.70. The summed E-state index contributed by atoms with van der Waals surface area (Å²) < 4.78 is 1.62. The predicted molar refractivity (Wildman–Crippen MR) is 88.5 cm³/mol. The lowest BCUT2D eigenvalue weighted by atomic mass is 9.80. The highest BCUT2D eigenvalue weighted by Gasteiger charge is 2.38. The number of hydrogen-bond acceptors (Lipinski definition) is 3. The highest BCUT2D eigenvalue weighted by atomic mass is 79.9. The molecule has 114 valence electrons. The van der Waals surface area contributed by atoms with Crippen molar-refractivity contribution in [3.63, 3.8) is 0 Å². The van der Waals surface area contributed by atoms with Gasteiger partial charge in [0.25, 0.3) is 5.91 Å². The van der Waals surface area contributed by atoms with Gasteiger partial charge in [0.1, 0.15) is 5.54 Å². The lowest BCUT2D eigenvalue weighted by Gasteiger charge is -2.36. The number of amidine groups is 1. The van der Waals surface area contributed by atoms with Crippen molar-refractivity contribution in [2.45, 2.75) is 37.6 Å². The summed E-state index contributed by atoms with van der Waals surface area (Å²) in [5.74, 6) is -0.157. The Morgan fingerprint density at radius 1 is 1.19 bits per heavy atom. The maximum atomic E-state index is 12.5. The van der Waals surface area contributed by atoms with Gasteiger partial charge in [0, 0.05) is 14.5 Å². The first-order valence-electron chi connectivity index (χ1n) is 6.73. The average molecular weight is 419 g/mol. The van der Waals surface area contributed by atoms with Crippen molar-refractivity contribution in [3.8, 4) is 0 Å². The van der Waals surface area contributed by atoms with Crippen LogP contribution < -0.4 is 11.1 Å². The molecule has 0 heterocycles. The molecule has 7 heteroatoms. The van der Waals surface area contributed by atoms with Gasteiger partial charge in [-0.2, -0.15) is 0 Å². The van der Waals surface area contributed by atoms with Gasteiger partial charge in [-0.1, -0.05) is 56.3 Å². The minimum Gasteiger partial charge on any atom is -0.409 e. The number of hydrogen-bond donors (Lipinski definition) is 3. The molecule has 1 aromatic carbocycles. The lowest BCUT2D eigenvalue weighted by molar-refractivity contribution is 0.0905. The van der Waals surface area contributed by atoms with E-state index >= 15 is 0 Å². The Morgan fingerprint density at radius 2 is 1.76 bits per heavy atom. The van der Waals surface area contributed by atoms with E-state index in [1.54, 1.807) is 12.1 Å². The maximum absolute atomic E-state index is 12.5. The van der Waals surface area contributed by atoms with Crippen LogP contribution in [0.2, 0.25) is 0 Å². The molecule has 0 saturated heterocycles. The van der Waals surface area contributed by atoms with E-state index in [9.17, 15) is 4.79 Å². The molecule has 1 aliphatic rings. The van der Waals surface area contributed by atoms with E-state index in [0.29, 0.717) is 18.4 Å². The Balaban J connectivity index is 2.26. The first-order valence-corrected chi connectivity index (χ1v) is 8.32. The zero-order valence-corrected chi connectivity index (χ0v) is 14.6. The number of rotatable bonds is 3. The zero-order valence-electron chi connectivity index (χ0n) is 11.4. The molecule has 0 spiro atoms. The number of nitrogens with one attached hydrogen (secondary N) is 1. The van der Waals surface area contributed by atoms with Crippen LogP contribution in [-0.2, 0) is 0 Å². The molecule has 0 bridgehead atoms. The minimum absolute atomic E-state index is 0.0737. The van der Waals surface area contributed by atoms with Gasteiger partial charge >= 0.3 is 0 Å². The number of carbonyl (C=O) groups is 1. The largest absolute Gasteiger partial charge is 0.409 e. The van der Waals surface area contributed by atoms with Crippen LogP contribution in [-0.4, -0.2) is 22.5 Å². The molecule has 0 unspecified atom stereocenters. The molecule has 5 nitrogen and oxygen atoms in total. The minimum atomic E-state index is -0.751. The Kier molecular flexibility index (Phi) is 5.27. The van der Waals surface area contributed by atoms with Gasteiger partial charge in [0.15, 0.2) is 5.84 Å². The lowest BCUT2D eigenvalue weighted by Crippen LogP contribution is -2.58. The predicted octanol–water partition coefficient (Wildman–Crippen LogP) is 3.39. The van der Waals surface area contributed by atoms with Crippen molar-refractivity contribution < 1.29 is 10.0 Å². The quantitative estimate of drug-likeness (QED) is 0.304. The molecule has 0 radical (unpaired) electrons. The summed E-state index contributed by atoms with van der Waals surface area (Å²) >= 11 is 6.73. The van der Waals surface area contributed by atoms with E-state index in [4.69, 9.17) is 10.9 Å². The molecule has 21 heavy (non-hydrogen) atoms. The molecule has 1 amide bonds. The van der Waals surface area contributed by atoms with Crippen LogP contribution in [0, 0.1) is 0 Å². The summed E-state index contributed by atoms with van der Waals surface area (Å²) in [4.78, 5) is 12.5. The van der Waals surface area contributed by atoms with E-state index < -0.39 is 5.54 Å². The van der Waals surface area contributed by atoms with Crippen molar-refractivity contribution in [2.24, 2.45) is 10.9 Å². The van der Waals surface area contributed by atoms with Gasteiger partial charge in [0.05, 0.1) is 0 Å². The van der Waals surface area contributed by atoms with Crippen molar-refractivity contribution in [1.82, 2.24) is 5.32 Å². The van der Waals surface area contributed by atoms with Gasteiger partial charge in [-0.15, -0.1) is 0 Å². The Bertz CT molecular complexity index is 549. The summed E-state index contributed by atoms with van der Waals surface area (Å²) in [7, 11) is 0. The third-order valence-electron chi connectivity index (χ3n) is 3.78. The number of nitrogens with zero attached hydrogens (tertiary/aromatic N) is 1. The Labute approximate surface area is 140 Å². The van der Waals surface area contributed by atoms with Crippen LogP contribution in [0.4, 0.5) is 0 Å². The van der Waals surface area contributed by atoms with Gasteiger partial charge in [-0.3, -0.25) is 4.79 Å². The second-order valence-electron chi connectivity index (χ2n) is 5.24. The SMILES string of the molecule is N/C(=N/O)C1(NC(=O)c2cc(Br)cc(Br)c2)CCCCC1. The van der Waals surface area contributed by atoms with E-state index in [1.807, 2.05) is 6.07 Å². The van der Waals surface area contributed by atoms with Crippen LogP contribution in [0.5, 0.6) is 0 Å². The molecule has 0 aliphatic heterocycles. The summed E-state index contributed by atoms with van der Waals surface area (Å²) in [6.45, 7) is 0. The number of oxime groups is 1. The monoisotopic (exact) mass is 417 g/mol. The van der Waals surface area contributed by atoms with E-state index in [2.05, 4.69) is 42.3 Å². The van der Waals surface area contributed by atoms with Gasteiger partial charge in [0.2, 0.25) is 0 Å². The highest BCUT2D eigenvalue weighted by Crippen LogP contribution is 2.29. The molecule has 4 N–H and O–H groups in total. The number of carbonyl (C=O) groups excluding carboxylic acids is 1. The van der Waals surface area contributed by atoms with Crippen molar-refractivity contribution in [3.05, 3.63) is 32.7 Å². The van der Waals surface area contributed by atoms with Crippen molar-refractivity contribution in [1.29, 1.82) is 0 Å². The van der Waals surface area contributed by atoms with Crippen LogP contribution in [0.1, 0.15) is 42.5 Å². The van der Waals surface area contributed by atoms with Gasteiger partial charge < -0.3 is 16.3 Å². The van der Waals surface area contributed by atoms with E-state index in [1.165, 1.54) is 0 Å². The van der Waals surface area contributed by atoms with Crippen molar-refractivity contribution >= 4 is 43.6 Å². The zero-order chi connectivity index (χ0) is 15.5. The number of amides is 1. The third kappa shape index (κ3) is 3.77. The van der Waals surface area contributed by atoms with Crippen LogP contribution in [0.15, 0.2) is 32.3 Å². The fourth-order valence-electron chi connectivity index (χ4n) is 2.67. The summed E-state index contributed by atoms with van der Waals surface area (Å²) in [5, 5.41) is 15.1. The number of benzene rings is 1. The number of nitrogens with two attached hydrogens (primary N) is 1.